The molecule has 0 unspecified atom stereocenters. The van der Waals surface area contributed by atoms with E-state index in [1.807, 2.05) is 13.8 Å². The van der Waals surface area contributed by atoms with Crippen LogP contribution in [0.15, 0.2) is 0 Å². The highest BCUT2D eigenvalue weighted by molar-refractivity contribution is 6.83. The lowest BCUT2D eigenvalue weighted by Gasteiger charge is -2.03. The van der Waals surface area contributed by atoms with E-state index in [4.69, 9.17) is 0 Å². The first kappa shape index (κ1) is 12.4. The molecule has 0 aromatic heterocycles. The minimum Gasteiger partial charge on any atom is -0.299 e. The van der Waals surface area contributed by atoms with Gasteiger partial charge in [0.15, 0.2) is 0 Å². The van der Waals surface area contributed by atoms with E-state index in [1.165, 1.54) is 0 Å². The molecule has 0 rings (SSSR count). The Balaban J connectivity index is 3.79. The third-order valence-corrected chi connectivity index (χ3v) is 2.53. The van der Waals surface area contributed by atoms with Gasteiger partial charge in [0.2, 0.25) is 0 Å². The maximum Gasteiger partial charge on any atom is 0.136 e. The van der Waals surface area contributed by atoms with Gasteiger partial charge in [0.25, 0.3) is 0 Å². The molecular formula is C11H20OSi. The minimum absolute atomic E-state index is 0.161. The molecule has 0 N–H and O–H groups in total. The zero-order valence-electron chi connectivity index (χ0n) is 9.40. The zero-order valence-corrected chi connectivity index (χ0v) is 10.4. The van der Waals surface area contributed by atoms with Crippen LogP contribution in [-0.4, -0.2) is 13.9 Å². The Morgan fingerprint density at radius 1 is 1.31 bits per heavy atom. The number of Topliss-reactive ketones (excluding diaryl/α,β-unsaturated/α-hetero) is 1. The number of carbonyl (C=O) groups excluding carboxylic acids is 1. The van der Waals surface area contributed by atoms with Gasteiger partial charge >= 0.3 is 0 Å². The highest BCUT2D eigenvalue weighted by Gasteiger charge is 2.08. The molecule has 0 atom stereocenters. The molecule has 74 valence electrons. The van der Waals surface area contributed by atoms with E-state index in [1.54, 1.807) is 0 Å². The predicted molar refractivity (Wildman–Crippen MR) is 60.2 cm³/mol. The van der Waals surface area contributed by atoms with Gasteiger partial charge in [-0.25, -0.2) is 0 Å². The topological polar surface area (TPSA) is 17.1 Å². The van der Waals surface area contributed by atoms with Gasteiger partial charge in [-0.2, -0.15) is 0 Å². The summed E-state index contributed by atoms with van der Waals surface area (Å²) in [6, 6.07) is 0. The van der Waals surface area contributed by atoms with Crippen LogP contribution in [0.1, 0.15) is 26.7 Å². The average Bonchev–Trinajstić information content (AvgIpc) is 1.95. The van der Waals surface area contributed by atoms with Crippen molar-refractivity contribution < 1.29 is 4.79 Å². The average molecular weight is 196 g/mol. The maximum atomic E-state index is 11.2. The van der Waals surface area contributed by atoms with Gasteiger partial charge in [0.1, 0.15) is 13.9 Å². The zero-order chi connectivity index (χ0) is 10.5. The van der Waals surface area contributed by atoms with Crippen molar-refractivity contribution in [1.82, 2.24) is 0 Å². The van der Waals surface area contributed by atoms with Crippen molar-refractivity contribution in [3.63, 3.8) is 0 Å². The number of hydrogen-bond donors (Lipinski definition) is 0. The lowest BCUT2D eigenvalue weighted by atomic mass is 10.1. The molecule has 0 aliphatic heterocycles. The van der Waals surface area contributed by atoms with Crippen molar-refractivity contribution in [1.29, 1.82) is 0 Å². The van der Waals surface area contributed by atoms with Crippen LogP contribution >= 0.6 is 0 Å². The maximum absolute atomic E-state index is 11.2. The van der Waals surface area contributed by atoms with Crippen LogP contribution in [0.3, 0.4) is 0 Å². The third kappa shape index (κ3) is 7.80. The van der Waals surface area contributed by atoms with Crippen molar-refractivity contribution in [2.75, 3.05) is 0 Å². The summed E-state index contributed by atoms with van der Waals surface area (Å²) in [7, 11) is -1.23. The van der Waals surface area contributed by atoms with E-state index in [-0.39, 0.29) is 5.92 Å². The van der Waals surface area contributed by atoms with Gasteiger partial charge in [0.05, 0.1) is 0 Å². The Bertz CT molecular complexity index is 225. The summed E-state index contributed by atoms with van der Waals surface area (Å²) >= 11 is 0. The monoisotopic (exact) mass is 196 g/mol. The summed E-state index contributed by atoms with van der Waals surface area (Å²) in [5, 5.41) is 0. The Morgan fingerprint density at radius 3 is 2.23 bits per heavy atom. The van der Waals surface area contributed by atoms with Gasteiger partial charge in [-0.15, -0.1) is 11.5 Å². The first-order valence-corrected chi connectivity index (χ1v) is 8.35. The second-order valence-corrected chi connectivity index (χ2v) is 9.42. The number of carbonyl (C=O) groups is 1. The number of hydrogen-bond acceptors (Lipinski definition) is 1. The van der Waals surface area contributed by atoms with Gasteiger partial charge in [0, 0.05) is 18.8 Å². The lowest BCUT2D eigenvalue weighted by molar-refractivity contribution is -0.121. The molecule has 0 bridgehead atoms. The molecule has 13 heavy (non-hydrogen) atoms. The number of ketones is 1. The molecule has 0 saturated carbocycles. The Hall–Kier alpha value is -0.553. The smallest absolute Gasteiger partial charge is 0.136 e. The first-order valence-electron chi connectivity index (χ1n) is 4.85. The Kier molecular flexibility index (Phi) is 5.01. The molecule has 0 aliphatic rings. The fourth-order valence-corrected chi connectivity index (χ4v) is 1.46. The third-order valence-electron chi connectivity index (χ3n) is 1.60. The molecule has 1 nitrogen and oxygen atoms in total. The van der Waals surface area contributed by atoms with Crippen LogP contribution < -0.4 is 0 Å². The molecule has 0 radical (unpaired) electrons. The molecule has 0 saturated heterocycles. The highest BCUT2D eigenvalue weighted by Crippen LogP contribution is 2.02. The molecule has 0 aromatic rings. The van der Waals surface area contributed by atoms with E-state index in [0.29, 0.717) is 12.2 Å². The summed E-state index contributed by atoms with van der Waals surface area (Å²) in [4.78, 5) is 11.2. The van der Waals surface area contributed by atoms with Crippen LogP contribution in [0.5, 0.6) is 0 Å². The quantitative estimate of drug-likeness (QED) is 0.501. The Labute approximate surface area is 82.9 Å². The van der Waals surface area contributed by atoms with E-state index in [2.05, 4.69) is 31.1 Å². The van der Waals surface area contributed by atoms with Gasteiger partial charge in [-0.05, 0) is 0 Å². The van der Waals surface area contributed by atoms with E-state index < -0.39 is 8.07 Å². The molecule has 0 spiro atoms. The molecule has 2 heteroatoms. The molecule has 0 heterocycles. The van der Waals surface area contributed by atoms with E-state index in [9.17, 15) is 4.79 Å². The fraction of sp³-hybridized carbons (Fsp3) is 0.727. The molecule has 0 amide bonds. The standard InChI is InChI=1S/C11H20OSi/c1-10(2)11(12)8-6-7-9-13(3,4)5/h10H,6,8H2,1-5H3. The second kappa shape index (κ2) is 5.24. The van der Waals surface area contributed by atoms with Gasteiger partial charge < -0.3 is 0 Å². The van der Waals surface area contributed by atoms with Gasteiger partial charge in [-0.3, -0.25) is 4.79 Å². The summed E-state index contributed by atoms with van der Waals surface area (Å²) in [6.45, 7) is 10.5. The molecular weight excluding hydrogens is 176 g/mol. The van der Waals surface area contributed by atoms with Gasteiger partial charge in [-0.1, -0.05) is 33.5 Å². The largest absolute Gasteiger partial charge is 0.299 e. The number of rotatable bonds is 3. The van der Waals surface area contributed by atoms with E-state index >= 15 is 0 Å². The molecule has 0 fully saturated rings. The summed E-state index contributed by atoms with van der Waals surface area (Å²) in [5.41, 5.74) is 3.25. The van der Waals surface area contributed by atoms with Crippen molar-refractivity contribution in [2.45, 2.75) is 46.3 Å². The van der Waals surface area contributed by atoms with Crippen LogP contribution in [-0.2, 0) is 4.79 Å². The summed E-state index contributed by atoms with van der Waals surface area (Å²) < 4.78 is 0. The molecule has 0 aromatic carbocycles. The van der Waals surface area contributed by atoms with Crippen LogP contribution in [0, 0.1) is 17.4 Å². The van der Waals surface area contributed by atoms with Crippen molar-refractivity contribution >= 4 is 13.9 Å². The van der Waals surface area contributed by atoms with Crippen LogP contribution in [0.25, 0.3) is 0 Å². The van der Waals surface area contributed by atoms with Crippen molar-refractivity contribution in [3.8, 4) is 11.5 Å². The van der Waals surface area contributed by atoms with Crippen LogP contribution in [0.2, 0.25) is 19.6 Å². The molecule has 0 aliphatic carbocycles. The van der Waals surface area contributed by atoms with E-state index in [0.717, 1.165) is 6.42 Å². The van der Waals surface area contributed by atoms with Crippen LogP contribution in [0.4, 0.5) is 0 Å². The lowest BCUT2D eigenvalue weighted by Crippen LogP contribution is -2.16. The van der Waals surface area contributed by atoms with Crippen molar-refractivity contribution in [2.24, 2.45) is 5.92 Å². The Morgan fingerprint density at radius 2 is 1.85 bits per heavy atom. The SMILES string of the molecule is CC(C)C(=O)CCC#C[Si](C)(C)C. The minimum atomic E-state index is -1.23. The first-order chi connectivity index (χ1) is 5.83. The van der Waals surface area contributed by atoms with Crippen molar-refractivity contribution in [3.05, 3.63) is 0 Å². The summed E-state index contributed by atoms with van der Waals surface area (Å²) in [5.74, 6) is 3.59. The highest BCUT2D eigenvalue weighted by atomic mass is 28.3. The summed E-state index contributed by atoms with van der Waals surface area (Å²) in [6.07, 6.45) is 1.36. The fourth-order valence-electron chi connectivity index (χ4n) is 0.802. The predicted octanol–water partition coefficient (Wildman–Crippen LogP) is 2.87. The normalized spacial score (nSPS) is 10.9. The second-order valence-electron chi connectivity index (χ2n) is 4.67.